The van der Waals surface area contributed by atoms with Gasteiger partial charge in [-0.1, -0.05) is 12.8 Å². The minimum atomic E-state index is -0.139. The standard InChI is InChI=1S/C12H16BrN3O/c13-8-5-6-11(15-7-8)12(17)16-10-4-2-1-3-9(10)14/h5-7,9-10H,1-4,14H2,(H,16,17). The van der Waals surface area contributed by atoms with E-state index in [2.05, 4.69) is 26.2 Å². The van der Waals surface area contributed by atoms with Gasteiger partial charge in [0.1, 0.15) is 5.69 Å². The first-order valence-corrected chi connectivity index (χ1v) is 6.64. The summed E-state index contributed by atoms with van der Waals surface area (Å²) < 4.78 is 0.864. The third kappa shape index (κ3) is 3.26. The van der Waals surface area contributed by atoms with Gasteiger partial charge in [0, 0.05) is 22.8 Å². The summed E-state index contributed by atoms with van der Waals surface area (Å²) in [5, 5.41) is 2.96. The molecule has 92 valence electrons. The van der Waals surface area contributed by atoms with E-state index in [1.807, 2.05) is 6.07 Å². The maximum atomic E-state index is 11.9. The van der Waals surface area contributed by atoms with Crippen LogP contribution in [0.1, 0.15) is 36.2 Å². The molecular formula is C12H16BrN3O. The minimum Gasteiger partial charge on any atom is -0.346 e. The zero-order valence-corrected chi connectivity index (χ0v) is 11.1. The maximum Gasteiger partial charge on any atom is 0.270 e. The molecule has 2 unspecified atom stereocenters. The average Bonchev–Trinajstić information content (AvgIpc) is 2.33. The van der Waals surface area contributed by atoms with Crippen LogP contribution in [0.25, 0.3) is 0 Å². The van der Waals surface area contributed by atoms with Crippen LogP contribution in [0.5, 0.6) is 0 Å². The van der Waals surface area contributed by atoms with Gasteiger partial charge >= 0.3 is 0 Å². The molecule has 2 atom stereocenters. The summed E-state index contributed by atoms with van der Waals surface area (Å²) in [4.78, 5) is 16.0. The number of nitrogens with zero attached hydrogens (tertiary/aromatic N) is 1. The molecule has 1 fully saturated rings. The molecule has 0 aliphatic heterocycles. The molecule has 0 radical (unpaired) electrons. The van der Waals surface area contributed by atoms with Crippen molar-refractivity contribution in [1.82, 2.24) is 10.3 Å². The molecule has 17 heavy (non-hydrogen) atoms. The Labute approximate surface area is 109 Å². The molecule has 3 N–H and O–H groups in total. The lowest BCUT2D eigenvalue weighted by molar-refractivity contribution is 0.0916. The van der Waals surface area contributed by atoms with Crippen LogP contribution in [0.2, 0.25) is 0 Å². The number of aromatic nitrogens is 1. The predicted molar refractivity (Wildman–Crippen MR) is 69.6 cm³/mol. The van der Waals surface area contributed by atoms with Gasteiger partial charge in [0.25, 0.3) is 5.91 Å². The summed E-state index contributed by atoms with van der Waals surface area (Å²) in [7, 11) is 0. The van der Waals surface area contributed by atoms with E-state index in [-0.39, 0.29) is 18.0 Å². The number of amides is 1. The number of carbonyl (C=O) groups is 1. The van der Waals surface area contributed by atoms with Crippen molar-refractivity contribution < 1.29 is 4.79 Å². The topological polar surface area (TPSA) is 68.0 Å². The molecule has 1 heterocycles. The summed E-state index contributed by atoms with van der Waals surface area (Å²) in [5.41, 5.74) is 6.42. The number of rotatable bonds is 2. The first kappa shape index (κ1) is 12.5. The lowest BCUT2D eigenvalue weighted by atomic mass is 9.91. The van der Waals surface area contributed by atoms with Crippen molar-refractivity contribution in [2.45, 2.75) is 37.8 Å². The monoisotopic (exact) mass is 297 g/mol. The van der Waals surface area contributed by atoms with Gasteiger partial charge in [0.2, 0.25) is 0 Å². The normalized spacial score (nSPS) is 24.4. The molecule has 1 amide bonds. The Morgan fingerprint density at radius 1 is 1.41 bits per heavy atom. The van der Waals surface area contributed by atoms with Crippen molar-refractivity contribution in [1.29, 1.82) is 0 Å². The second kappa shape index (κ2) is 5.60. The Balaban J connectivity index is 1.98. The summed E-state index contributed by atoms with van der Waals surface area (Å²) >= 11 is 3.29. The maximum absolute atomic E-state index is 11.9. The Kier molecular flexibility index (Phi) is 4.12. The highest BCUT2D eigenvalue weighted by Crippen LogP contribution is 2.17. The van der Waals surface area contributed by atoms with Crippen LogP contribution in [0.3, 0.4) is 0 Å². The second-order valence-corrected chi connectivity index (χ2v) is 5.31. The second-order valence-electron chi connectivity index (χ2n) is 4.39. The first-order valence-electron chi connectivity index (χ1n) is 5.85. The molecule has 1 aliphatic rings. The van der Waals surface area contributed by atoms with E-state index in [0.717, 1.165) is 30.2 Å². The summed E-state index contributed by atoms with van der Waals surface area (Å²) in [6.07, 6.45) is 5.86. The van der Waals surface area contributed by atoms with Crippen molar-refractivity contribution in [3.05, 3.63) is 28.5 Å². The molecule has 0 spiro atoms. The van der Waals surface area contributed by atoms with E-state index in [1.165, 1.54) is 0 Å². The van der Waals surface area contributed by atoms with Gasteiger partial charge in [-0.3, -0.25) is 4.79 Å². The number of pyridine rings is 1. The van der Waals surface area contributed by atoms with Gasteiger partial charge in [-0.05, 0) is 40.9 Å². The fraction of sp³-hybridized carbons (Fsp3) is 0.500. The van der Waals surface area contributed by atoms with Gasteiger partial charge in [0.15, 0.2) is 0 Å². The summed E-state index contributed by atoms with van der Waals surface area (Å²) in [5.74, 6) is -0.139. The fourth-order valence-electron chi connectivity index (χ4n) is 2.09. The van der Waals surface area contributed by atoms with Gasteiger partial charge in [-0.25, -0.2) is 4.98 Å². The Bertz CT molecular complexity index is 393. The lowest BCUT2D eigenvalue weighted by Crippen LogP contribution is -2.49. The Hall–Kier alpha value is -0.940. The van der Waals surface area contributed by atoms with Crippen LogP contribution in [-0.4, -0.2) is 23.0 Å². The highest BCUT2D eigenvalue weighted by atomic mass is 79.9. The number of carbonyl (C=O) groups excluding carboxylic acids is 1. The van der Waals surface area contributed by atoms with Gasteiger partial charge in [-0.2, -0.15) is 0 Å². The third-order valence-corrected chi connectivity index (χ3v) is 3.57. The number of hydrogen-bond donors (Lipinski definition) is 2. The number of hydrogen-bond acceptors (Lipinski definition) is 3. The van der Waals surface area contributed by atoms with Gasteiger partial charge in [0.05, 0.1) is 0 Å². The van der Waals surface area contributed by atoms with E-state index >= 15 is 0 Å². The molecule has 4 nitrogen and oxygen atoms in total. The minimum absolute atomic E-state index is 0.0724. The Morgan fingerprint density at radius 2 is 2.18 bits per heavy atom. The number of nitrogens with two attached hydrogens (primary N) is 1. The van der Waals surface area contributed by atoms with E-state index in [1.54, 1.807) is 12.3 Å². The van der Waals surface area contributed by atoms with Crippen molar-refractivity contribution in [3.63, 3.8) is 0 Å². The predicted octanol–water partition coefficient (Wildman–Crippen LogP) is 1.84. The number of halogens is 1. The van der Waals surface area contributed by atoms with Gasteiger partial charge in [-0.15, -0.1) is 0 Å². The molecule has 0 aromatic carbocycles. The molecule has 0 saturated heterocycles. The average molecular weight is 298 g/mol. The summed E-state index contributed by atoms with van der Waals surface area (Å²) in [6.45, 7) is 0. The van der Waals surface area contributed by atoms with E-state index in [0.29, 0.717) is 5.69 Å². The van der Waals surface area contributed by atoms with Crippen LogP contribution in [0, 0.1) is 0 Å². The Morgan fingerprint density at radius 3 is 2.82 bits per heavy atom. The molecule has 0 bridgehead atoms. The van der Waals surface area contributed by atoms with Crippen LogP contribution >= 0.6 is 15.9 Å². The zero-order chi connectivity index (χ0) is 12.3. The van der Waals surface area contributed by atoms with E-state index < -0.39 is 0 Å². The van der Waals surface area contributed by atoms with Crippen LogP contribution in [0.4, 0.5) is 0 Å². The van der Waals surface area contributed by atoms with E-state index in [4.69, 9.17) is 5.73 Å². The molecule has 1 aliphatic carbocycles. The lowest BCUT2D eigenvalue weighted by Gasteiger charge is -2.29. The molecular weight excluding hydrogens is 282 g/mol. The molecule has 1 aromatic rings. The SMILES string of the molecule is NC1CCCCC1NC(=O)c1ccc(Br)cn1. The van der Waals surface area contributed by atoms with Crippen LogP contribution < -0.4 is 11.1 Å². The molecule has 5 heteroatoms. The molecule has 1 saturated carbocycles. The van der Waals surface area contributed by atoms with Crippen molar-refractivity contribution in [2.24, 2.45) is 5.73 Å². The van der Waals surface area contributed by atoms with Crippen LogP contribution in [0.15, 0.2) is 22.8 Å². The number of nitrogens with one attached hydrogen (secondary N) is 1. The first-order chi connectivity index (χ1) is 8.16. The van der Waals surface area contributed by atoms with E-state index in [9.17, 15) is 4.79 Å². The van der Waals surface area contributed by atoms with Crippen LogP contribution in [-0.2, 0) is 0 Å². The highest BCUT2D eigenvalue weighted by Gasteiger charge is 2.23. The van der Waals surface area contributed by atoms with Gasteiger partial charge < -0.3 is 11.1 Å². The smallest absolute Gasteiger partial charge is 0.270 e. The fourth-order valence-corrected chi connectivity index (χ4v) is 2.33. The van der Waals surface area contributed by atoms with Crippen molar-refractivity contribution >= 4 is 21.8 Å². The largest absolute Gasteiger partial charge is 0.346 e. The highest BCUT2D eigenvalue weighted by molar-refractivity contribution is 9.10. The third-order valence-electron chi connectivity index (χ3n) is 3.10. The van der Waals surface area contributed by atoms with Crippen molar-refractivity contribution in [3.8, 4) is 0 Å². The zero-order valence-electron chi connectivity index (χ0n) is 9.53. The quantitative estimate of drug-likeness (QED) is 0.875. The molecule has 1 aromatic heterocycles. The van der Waals surface area contributed by atoms with Crippen molar-refractivity contribution in [2.75, 3.05) is 0 Å². The molecule has 2 rings (SSSR count). The summed E-state index contributed by atoms with van der Waals surface area (Å²) in [6, 6.07) is 3.67.